The Morgan fingerprint density at radius 2 is 1.54 bits per heavy atom. The Bertz CT molecular complexity index is 155. The molecule has 0 amide bonds. The fourth-order valence-electron chi connectivity index (χ4n) is 0.563. The first kappa shape index (κ1) is 13.7. The number of hydrogen-bond donors (Lipinski definition) is 0. The molecule has 0 fully saturated rings. The van der Waals surface area contributed by atoms with Crippen molar-refractivity contribution >= 4 is 31.0 Å². The Labute approximate surface area is 88.1 Å². The van der Waals surface area contributed by atoms with Crippen molar-refractivity contribution in [3.05, 3.63) is 0 Å². The van der Waals surface area contributed by atoms with Gasteiger partial charge in [0.1, 0.15) is 0 Å². The summed E-state index contributed by atoms with van der Waals surface area (Å²) in [6, 6.07) is 0. The smallest absolute Gasteiger partial charge is 0.287 e. The summed E-state index contributed by atoms with van der Waals surface area (Å²) < 4.78 is 26.1. The van der Waals surface area contributed by atoms with Crippen LogP contribution >= 0.6 is 31.0 Å². The summed E-state index contributed by atoms with van der Waals surface area (Å²) in [5.74, 6) is 0.475. The Kier molecular flexibility index (Phi) is 8.46. The van der Waals surface area contributed by atoms with E-state index >= 15 is 0 Å². The Balaban J connectivity index is 3.92. The van der Waals surface area contributed by atoms with Crippen molar-refractivity contribution in [2.45, 2.75) is 6.92 Å². The van der Waals surface area contributed by atoms with E-state index in [2.05, 4.69) is 0 Å². The van der Waals surface area contributed by atoms with Gasteiger partial charge in [0.2, 0.25) is 0 Å². The molecule has 0 aromatic carbocycles. The van der Waals surface area contributed by atoms with Crippen molar-refractivity contribution in [2.24, 2.45) is 0 Å². The zero-order valence-corrected chi connectivity index (χ0v) is 9.78. The van der Waals surface area contributed by atoms with Crippen molar-refractivity contribution in [1.29, 1.82) is 0 Å². The molecule has 0 heterocycles. The summed E-state index contributed by atoms with van der Waals surface area (Å²) in [5.41, 5.74) is 0. The molecule has 0 N–H and O–H groups in total. The van der Waals surface area contributed by atoms with E-state index < -0.39 is 7.82 Å². The number of rotatable bonds is 8. The summed E-state index contributed by atoms with van der Waals surface area (Å²) in [6.07, 6.45) is 0. The SMILES string of the molecule is CCOP(=O)(OCCCl)OCCCl. The van der Waals surface area contributed by atoms with Gasteiger partial charge in [0.25, 0.3) is 0 Å². The third-order valence-corrected chi connectivity index (χ3v) is 2.82. The molecule has 0 aliphatic carbocycles. The summed E-state index contributed by atoms with van der Waals surface area (Å²) in [5, 5.41) is 0. The van der Waals surface area contributed by atoms with Crippen LogP contribution in [0.4, 0.5) is 0 Å². The highest BCUT2D eigenvalue weighted by atomic mass is 35.5. The molecule has 13 heavy (non-hydrogen) atoms. The summed E-state index contributed by atoms with van der Waals surface area (Å²) in [7, 11) is -3.42. The van der Waals surface area contributed by atoms with E-state index in [4.69, 9.17) is 36.8 Å². The third kappa shape index (κ3) is 6.72. The fraction of sp³-hybridized carbons (Fsp3) is 1.00. The normalized spacial score (nSPS) is 11.9. The first-order chi connectivity index (χ1) is 6.18. The van der Waals surface area contributed by atoms with E-state index in [0.29, 0.717) is 0 Å². The molecule has 0 radical (unpaired) electrons. The second-order valence-electron chi connectivity index (χ2n) is 1.91. The van der Waals surface area contributed by atoms with Gasteiger partial charge in [0.05, 0.1) is 19.8 Å². The number of alkyl halides is 2. The molecule has 0 spiro atoms. The molecule has 0 saturated carbocycles. The van der Waals surface area contributed by atoms with E-state index in [1.54, 1.807) is 6.92 Å². The van der Waals surface area contributed by atoms with Gasteiger partial charge in [0.15, 0.2) is 0 Å². The van der Waals surface area contributed by atoms with Crippen LogP contribution < -0.4 is 0 Å². The summed E-state index contributed by atoms with van der Waals surface area (Å²) in [6.45, 7) is 2.20. The zero-order chi connectivity index (χ0) is 10.2. The van der Waals surface area contributed by atoms with Gasteiger partial charge in [-0.15, -0.1) is 23.2 Å². The maximum atomic E-state index is 11.5. The molecule has 0 aromatic heterocycles. The highest BCUT2D eigenvalue weighted by molar-refractivity contribution is 7.48. The highest BCUT2D eigenvalue weighted by Gasteiger charge is 2.25. The first-order valence-electron chi connectivity index (χ1n) is 3.84. The second kappa shape index (κ2) is 8.04. The number of hydrogen-bond acceptors (Lipinski definition) is 4. The minimum atomic E-state index is -3.42. The van der Waals surface area contributed by atoms with E-state index in [1.165, 1.54) is 0 Å². The molecule has 0 aliphatic heterocycles. The van der Waals surface area contributed by atoms with Crippen molar-refractivity contribution in [1.82, 2.24) is 0 Å². The minimum absolute atomic E-state index is 0.126. The molecule has 80 valence electrons. The van der Waals surface area contributed by atoms with Crippen LogP contribution in [0, 0.1) is 0 Å². The number of halogens is 2. The third-order valence-electron chi connectivity index (χ3n) is 0.940. The van der Waals surface area contributed by atoms with Crippen LogP contribution in [-0.4, -0.2) is 31.6 Å². The molecule has 4 nitrogen and oxygen atoms in total. The lowest BCUT2D eigenvalue weighted by molar-refractivity contribution is 0.127. The lowest BCUT2D eigenvalue weighted by Crippen LogP contribution is -2.03. The molecular formula is C6H13Cl2O4P. The minimum Gasteiger partial charge on any atom is -0.287 e. The maximum absolute atomic E-state index is 11.5. The van der Waals surface area contributed by atoms with Gasteiger partial charge in [-0.05, 0) is 6.92 Å². The average Bonchev–Trinajstić information content (AvgIpc) is 2.12. The van der Waals surface area contributed by atoms with Gasteiger partial charge in [-0.1, -0.05) is 0 Å². The van der Waals surface area contributed by atoms with Crippen LogP contribution in [-0.2, 0) is 18.1 Å². The molecular weight excluding hydrogens is 238 g/mol. The quantitative estimate of drug-likeness (QED) is 0.491. The van der Waals surface area contributed by atoms with Gasteiger partial charge in [-0.2, -0.15) is 0 Å². The van der Waals surface area contributed by atoms with Crippen LogP contribution in [0.1, 0.15) is 6.92 Å². The Morgan fingerprint density at radius 1 is 1.08 bits per heavy atom. The van der Waals surface area contributed by atoms with Crippen LogP contribution in [0.2, 0.25) is 0 Å². The Hall–Kier alpha value is 0.690. The fourth-order valence-corrected chi connectivity index (χ4v) is 2.10. The predicted octanol–water partition coefficient (Wildman–Crippen LogP) is 2.64. The number of phosphoric ester groups is 1. The monoisotopic (exact) mass is 250 g/mol. The highest BCUT2D eigenvalue weighted by Crippen LogP contribution is 2.49. The first-order valence-corrected chi connectivity index (χ1v) is 6.37. The molecule has 0 aliphatic rings. The zero-order valence-electron chi connectivity index (χ0n) is 7.37. The Morgan fingerprint density at radius 3 is 1.85 bits per heavy atom. The van der Waals surface area contributed by atoms with Crippen molar-refractivity contribution in [3.63, 3.8) is 0 Å². The van der Waals surface area contributed by atoms with Crippen molar-refractivity contribution < 1.29 is 18.1 Å². The largest absolute Gasteiger partial charge is 0.474 e. The van der Waals surface area contributed by atoms with Crippen molar-refractivity contribution in [3.8, 4) is 0 Å². The van der Waals surface area contributed by atoms with Crippen LogP contribution in [0.3, 0.4) is 0 Å². The molecule has 0 unspecified atom stereocenters. The molecule has 7 heteroatoms. The lowest BCUT2D eigenvalue weighted by atomic mass is 10.9. The summed E-state index contributed by atoms with van der Waals surface area (Å²) >= 11 is 10.7. The van der Waals surface area contributed by atoms with E-state index in [1.807, 2.05) is 0 Å². The van der Waals surface area contributed by atoms with Gasteiger partial charge < -0.3 is 0 Å². The number of phosphoric acid groups is 1. The predicted molar refractivity (Wildman–Crippen MR) is 52.6 cm³/mol. The molecule has 0 saturated heterocycles. The lowest BCUT2D eigenvalue weighted by Gasteiger charge is -2.15. The molecule has 0 rings (SSSR count). The van der Waals surface area contributed by atoms with Crippen molar-refractivity contribution in [2.75, 3.05) is 31.6 Å². The molecule has 0 bridgehead atoms. The van der Waals surface area contributed by atoms with E-state index in [9.17, 15) is 4.57 Å². The van der Waals surface area contributed by atoms with Gasteiger partial charge in [-0.25, -0.2) is 4.57 Å². The van der Waals surface area contributed by atoms with Gasteiger partial charge in [-0.3, -0.25) is 13.6 Å². The maximum Gasteiger partial charge on any atom is 0.474 e. The van der Waals surface area contributed by atoms with E-state index in [-0.39, 0.29) is 31.6 Å². The van der Waals surface area contributed by atoms with Crippen LogP contribution in [0.25, 0.3) is 0 Å². The van der Waals surface area contributed by atoms with Gasteiger partial charge in [0, 0.05) is 11.8 Å². The van der Waals surface area contributed by atoms with E-state index in [0.717, 1.165) is 0 Å². The molecule has 0 atom stereocenters. The van der Waals surface area contributed by atoms with Gasteiger partial charge >= 0.3 is 7.82 Å². The van der Waals surface area contributed by atoms with Crippen LogP contribution in [0.15, 0.2) is 0 Å². The summed E-state index contributed by atoms with van der Waals surface area (Å²) in [4.78, 5) is 0. The molecule has 0 aromatic rings. The standard InChI is InChI=1S/C6H13Cl2O4P/c1-2-10-13(9,11-5-3-7)12-6-4-8/h2-6H2,1H3. The topological polar surface area (TPSA) is 44.8 Å². The second-order valence-corrected chi connectivity index (χ2v) is 4.33. The van der Waals surface area contributed by atoms with Crippen LogP contribution in [0.5, 0.6) is 0 Å². The average molecular weight is 251 g/mol.